The third kappa shape index (κ3) is 3.91. The SMILES string of the molecule is CC1NC=C(NC(=O)CN2CCC3(CC3)C2)C=C1NC(=O)c1cnn2cc(Br)sc12. The Morgan fingerprint density at radius 3 is 2.97 bits per heavy atom. The number of carbonyl (C=O) groups is 2. The number of carbonyl (C=O) groups excluding carboxylic acids is 2. The summed E-state index contributed by atoms with van der Waals surface area (Å²) >= 11 is 4.87. The molecule has 10 heteroatoms. The van der Waals surface area contributed by atoms with Crippen LogP contribution in [0.25, 0.3) is 4.83 Å². The van der Waals surface area contributed by atoms with E-state index in [1.807, 2.05) is 19.2 Å². The molecule has 8 nitrogen and oxygen atoms in total. The first-order valence-corrected chi connectivity index (χ1v) is 11.7. The van der Waals surface area contributed by atoms with Gasteiger partial charge in [0.2, 0.25) is 5.91 Å². The van der Waals surface area contributed by atoms with Crippen LogP contribution in [0.15, 0.2) is 39.9 Å². The zero-order chi connectivity index (χ0) is 20.9. The molecule has 1 spiro atoms. The molecule has 1 atom stereocenters. The number of allylic oxidation sites excluding steroid dienone is 1. The molecule has 1 aliphatic carbocycles. The molecule has 1 unspecified atom stereocenters. The number of rotatable bonds is 5. The molecule has 30 heavy (non-hydrogen) atoms. The molecule has 3 N–H and O–H groups in total. The van der Waals surface area contributed by atoms with Crippen LogP contribution in [0.4, 0.5) is 0 Å². The van der Waals surface area contributed by atoms with E-state index in [0.717, 1.165) is 21.7 Å². The Balaban J connectivity index is 1.22. The normalized spacial score (nSPS) is 22.5. The van der Waals surface area contributed by atoms with Gasteiger partial charge >= 0.3 is 0 Å². The molecule has 2 amide bonds. The Kier molecular flexibility index (Phi) is 4.95. The molecule has 2 aromatic rings. The molecule has 1 saturated heterocycles. The van der Waals surface area contributed by atoms with Crippen molar-refractivity contribution in [2.24, 2.45) is 5.41 Å². The zero-order valence-electron chi connectivity index (χ0n) is 16.6. The summed E-state index contributed by atoms with van der Waals surface area (Å²) in [5.74, 6) is -0.252. The molecule has 2 fully saturated rings. The highest BCUT2D eigenvalue weighted by Gasteiger charge is 2.47. The number of aromatic nitrogens is 2. The van der Waals surface area contributed by atoms with Crippen molar-refractivity contribution < 1.29 is 9.59 Å². The van der Waals surface area contributed by atoms with Crippen LogP contribution in [0.2, 0.25) is 0 Å². The van der Waals surface area contributed by atoms with Crippen LogP contribution in [0.3, 0.4) is 0 Å². The smallest absolute Gasteiger partial charge is 0.260 e. The lowest BCUT2D eigenvalue weighted by atomic mass is 10.1. The van der Waals surface area contributed by atoms with Gasteiger partial charge in [0, 0.05) is 18.4 Å². The highest BCUT2D eigenvalue weighted by molar-refractivity contribution is 9.11. The Hall–Kier alpha value is -2.17. The predicted molar refractivity (Wildman–Crippen MR) is 118 cm³/mol. The van der Waals surface area contributed by atoms with E-state index in [2.05, 4.69) is 41.9 Å². The van der Waals surface area contributed by atoms with Gasteiger partial charge in [0.15, 0.2) is 0 Å². The van der Waals surface area contributed by atoms with Crippen LogP contribution in [-0.4, -0.2) is 52.0 Å². The number of likely N-dealkylation sites (tertiary alicyclic amines) is 1. The lowest BCUT2D eigenvalue weighted by Crippen LogP contribution is -2.40. The molecule has 3 aliphatic rings. The van der Waals surface area contributed by atoms with Crippen molar-refractivity contribution in [2.75, 3.05) is 19.6 Å². The lowest BCUT2D eigenvalue weighted by Gasteiger charge is -2.23. The molecule has 5 rings (SSSR count). The number of hydrogen-bond acceptors (Lipinski definition) is 6. The number of thiazole rings is 1. The third-order valence-corrected chi connectivity index (χ3v) is 7.65. The van der Waals surface area contributed by atoms with Crippen LogP contribution in [0.1, 0.15) is 36.5 Å². The maximum absolute atomic E-state index is 12.8. The predicted octanol–water partition coefficient (Wildman–Crippen LogP) is 2.21. The molecule has 1 saturated carbocycles. The molecule has 4 heterocycles. The van der Waals surface area contributed by atoms with E-state index in [-0.39, 0.29) is 17.9 Å². The van der Waals surface area contributed by atoms with Crippen LogP contribution < -0.4 is 16.0 Å². The monoisotopic (exact) mass is 490 g/mol. The fourth-order valence-electron chi connectivity index (χ4n) is 4.12. The summed E-state index contributed by atoms with van der Waals surface area (Å²) in [5, 5.41) is 13.3. The van der Waals surface area contributed by atoms with Crippen molar-refractivity contribution in [1.29, 1.82) is 0 Å². The van der Waals surface area contributed by atoms with Crippen molar-refractivity contribution in [3.05, 3.63) is 45.4 Å². The van der Waals surface area contributed by atoms with E-state index >= 15 is 0 Å². The molecule has 0 bridgehead atoms. The number of amides is 2. The molecule has 2 aliphatic heterocycles. The van der Waals surface area contributed by atoms with Crippen molar-refractivity contribution in [1.82, 2.24) is 30.5 Å². The summed E-state index contributed by atoms with van der Waals surface area (Å²) in [6, 6.07) is -0.0796. The minimum atomic E-state index is -0.223. The number of hydrogen-bond donors (Lipinski definition) is 3. The number of fused-ring (bicyclic) bond motifs is 1. The van der Waals surface area contributed by atoms with E-state index in [9.17, 15) is 9.59 Å². The number of nitrogens with one attached hydrogen (secondary N) is 3. The van der Waals surface area contributed by atoms with Gasteiger partial charge in [0.05, 0.1) is 40.0 Å². The van der Waals surface area contributed by atoms with Crippen molar-refractivity contribution >= 4 is 43.9 Å². The van der Waals surface area contributed by atoms with E-state index in [0.29, 0.717) is 28.9 Å². The fourth-order valence-corrected chi connectivity index (χ4v) is 5.56. The topological polar surface area (TPSA) is 90.8 Å². The van der Waals surface area contributed by atoms with Gasteiger partial charge in [-0.05, 0) is 60.2 Å². The first kappa shape index (κ1) is 19.8. The molecule has 0 aromatic carbocycles. The minimum absolute atomic E-state index is 0.0287. The average molecular weight is 491 g/mol. The van der Waals surface area contributed by atoms with Gasteiger partial charge in [-0.1, -0.05) is 0 Å². The van der Waals surface area contributed by atoms with E-state index < -0.39 is 0 Å². The van der Waals surface area contributed by atoms with Crippen molar-refractivity contribution in [3.8, 4) is 0 Å². The number of dihydropyridines is 1. The highest BCUT2D eigenvalue weighted by atomic mass is 79.9. The summed E-state index contributed by atoms with van der Waals surface area (Å²) in [5.41, 5.74) is 2.37. The van der Waals surface area contributed by atoms with Gasteiger partial charge in [-0.3, -0.25) is 14.5 Å². The Morgan fingerprint density at radius 2 is 2.20 bits per heavy atom. The molecule has 158 valence electrons. The van der Waals surface area contributed by atoms with E-state index in [1.54, 1.807) is 16.9 Å². The Labute approximate surface area is 186 Å². The minimum Gasteiger partial charge on any atom is -0.381 e. The second-order valence-corrected chi connectivity index (χ2v) is 10.8. The van der Waals surface area contributed by atoms with Crippen molar-refractivity contribution in [2.45, 2.75) is 32.2 Å². The van der Waals surface area contributed by atoms with Gasteiger partial charge in [-0.25, -0.2) is 4.52 Å². The Morgan fingerprint density at radius 1 is 1.37 bits per heavy atom. The van der Waals surface area contributed by atoms with Crippen LogP contribution in [-0.2, 0) is 4.79 Å². The number of halogens is 1. The summed E-state index contributed by atoms with van der Waals surface area (Å²) < 4.78 is 2.58. The number of nitrogens with zero attached hydrogens (tertiary/aromatic N) is 3. The van der Waals surface area contributed by atoms with Gasteiger partial charge < -0.3 is 16.0 Å². The first-order valence-electron chi connectivity index (χ1n) is 10.0. The van der Waals surface area contributed by atoms with Crippen molar-refractivity contribution in [3.63, 3.8) is 0 Å². The lowest BCUT2D eigenvalue weighted by molar-refractivity contribution is -0.121. The molecule has 0 radical (unpaired) electrons. The molecular formula is C20H23BrN6O2S. The zero-order valence-corrected chi connectivity index (χ0v) is 19.0. The van der Waals surface area contributed by atoms with Gasteiger partial charge in [0.1, 0.15) is 4.83 Å². The summed E-state index contributed by atoms with van der Waals surface area (Å²) in [6.45, 7) is 4.39. The van der Waals surface area contributed by atoms with Crippen LogP contribution in [0.5, 0.6) is 0 Å². The second kappa shape index (κ2) is 7.51. The third-order valence-electron chi connectivity index (χ3n) is 6.06. The maximum Gasteiger partial charge on any atom is 0.260 e. The largest absolute Gasteiger partial charge is 0.381 e. The summed E-state index contributed by atoms with van der Waals surface area (Å²) in [6.07, 6.45) is 10.8. The van der Waals surface area contributed by atoms with Gasteiger partial charge in [-0.15, -0.1) is 11.3 Å². The first-order chi connectivity index (χ1) is 14.4. The van der Waals surface area contributed by atoms with E-state index in [1.165, 1.54) is 30.6 Å². The quantitative estimate of drug-likeness (QED) is 0.597. The fraction of sp³-hybridized carbons (Fsp3) is 0.450. The van der Waals surface area contributed by atoms with Crippen LogP contribution >= 0.6 is 27.3 Å². The van der Waals surface area contributed by atoms with Gasteiger partial charge in [-0.2, -0.15) is 5.10 Å². The second-order valence-electron chi connectivity index (χ2n) is 8.39. The van der Waals surface area contributed by atoms with Crippen LogP contribution in [0, 0.1) is 5.41 Å². The Bertz CT molecular complexity index is 1080. The molecular weight excluding hydrogens is 468 g/mol. The maximum atomic E-state index is 12.8. The average Bonchev–Trinajstić information content (AvgIpc) is 2.97. The standard InChI is InChI=1S/C20H23BrN6O2S/c1-12-15(25-18(29)14-8-23-27-9-16(21)30-19(14)27)6-13(7-22-12)24-17(28)10-26-5-4-20(11-26)2-3-20/h6-9,12,22H,2-5,10-11H2,1H3,(H,24,28)(H,25,29). The van der Waals surface area contributed by atoms with Gasteiger partial charge in [0.25, 0.3) is 5.91 Å². The summed E-state index contributed by atoms with van der Waals surface area (Å²) in [4.78, 5) is 28.3. The molecule has 2 aromatic heterocycles. The summed E-state index contributed by atoms with van der Waals surface area (Å²) in [7, 11) is 0. The van der Waals surface area contributed by atoms with E-state index in [4.69, 9.17) is 0 Å². The highest BCUT2D eigenvalue weighted by Crippen LogP contribution is 2.52.